The maximum Gasteiger partial charge on any atom is 0.332 e. The van der Waals surface area contributed by atoms with Gasteiger partial charge in [-0.3, -0.25) is 4.79 Å². The summed E-state index contributed by atoms with van der Waals surface area (Å²) < 4.78 is 6.77. The van der Waals surface area contributed by atoms with Crippen molar-refractivity contribution in [2.75, 3.05) is 31.2 Å². The smallest absolute Gasteiger partial charge is 0.332 e. The molecule has 0 unspecified atom stereocenters. The highest BCUT2D eigenvalue weighted by molar-refractivity contribution is 6.02. The zero-order chi connectivity index (χ0) is 22.2. The highest BCUT2D eigenvalue weighted by Crippen LogP contribution is 2.25. The van der Waals surface area contributed by atoms with Crippen molar-refractivity contribution in [3.8, 4) is 22.8 Å². The Labute approximate surface area is 181 Å². The van der Waals surface area contributed by atoms with Gasteiger partial charge < -0.3 is 25.5 Å². The molecule has 2 aromatic carbocycles. The summed E-state index contributed by atoms with van der Waals surface area (Å²) in [5.74, 6) is -0.605. The lowest BCUT2D eigenvalue weighted by atomic mass is 10.2. The number of primary amides is 1. The van der Waals surface area contributed by atoms with E-state index in [2.05, 4.69) is 19.9 Å². The standard InChI is InChI=1S/C22H20N6O4/c23-19(30)17-18-21(26-20(24-17)13-2-1-3-16(29)12-13)28(22(31)25-18)15-6-4-14(5-7-15)27-8-10-32-11-9-27/h1-7,12,29H,8-11H2,(H2,23,30)(H,25,31). The molecule has 0 saturated carbocycles. The number of aromatic hydroxyl groups is 1. The monoisotopic (exact) mass is 432 g/mol. The Morgan fingerprint density at radius 2 is 1.78 bits per heavy atom. The summed E-state index contributed by atoms with van der Waals surface area (Å²) in [6, 6.07) is 13.8. The number of hydrogen-bond acceptors (Lipinski definition) is 7. The maximum atomic E-state index is 12.8. The molecule has 3 heterocycles. The first-order valence-electron chi connectivity index (χ1n) is 10.1. The van der Waals surface area contributed by atoms with Gasteiger partial charge in [-0.25, -0.2) is 19.3 Å². The van der Waals surface area contributed by atoms with Crippen molar-refractivity contribution in [2.24, 2.45) is 5.73 Å². The molecule has 1 saturated heterocycles. The number of aromatic nitrogens is 4. The van der Waals surface area contributed by atoms with Gasteiger partial charge in [-0.2, -0.15) is 0 Å². The zero-order valence-corrected chi connectivity index (χ0v) is 17.0. The van der Waals surface area contributed by atoms with Crippen molar-refractivity contribution in [2.45, 2.75) is 0 Å². The number of ether oxygens (including phenoxy) is 1. The molecule has 32 heavy (non-hydrogen) atoms. The summed E-state index contributed by atoms with van der Waals surface area (Å²) in [6.07, 6.45) is 0. The molecule has 162 valence electrons. The number of imidazole rings is 1. The molecule has 1 aliphatic rings. The SMILES string of the molecule is NC(=O)c1nc(-c2cccc(O)c2)nc2c1[nH]c(=O)n2-c1ccc(N2CCOCC2)cc1. The van der Waals surface area contributed by atoms with E-state index in [0.717, 1.165) is 18.8 Å². The molecular weight excluding hydrogens is 412 g/mol. The van der Waals surface area contributed by atoms with Crippen LogP contribution in [0.4, 0.5) is 5.69 Å². The molecule has 2 aromatic heterocycles. The number of carbonyl (C=O) groups excluding carboxylic acids is 1. The molecule has 4 N–H and O–H groups in total. The predicted molar refractivity (Wildman–Crippen MR) is 118 cm³/mol. The number of hydrogen-bond donors (Lipinski definition) is 3. The van der Waals surface area contributed by atoms with E-state index in [1.807, 2.05) is 24.3 Å². The first kappa shape index (κ1) is 19.8. The number of fused-ring (bicyclic) bond motifs is 1. The van der Waals surface area contributed by atoms with E-state index in [-0.39, 0.29) is 28.4 Å². The summed E-state index contributed by atoms with van der Waals surface area (Å²) in [7, 11) is 0. The number of rotatable bonds is 4. The van der Waals surface area contributed by atoms with Crippen molar-refractivity contribution in [1.82, 2.24) is 19.5 Å². The largest absolute Gasteiger partial charge is 0.508 e. The van der Waals surface area contributed by atoms with Gasteiger partial charge >= 0.3 is 5.69 Å². The quantitative estimate of drug-likeness (QED) is 0.443. The fraction of sp³-hybridized carbons (Fsp3) is 0.182. The van der Waals surface area contributed by atoms with E-state index < -0.39 is 11.6 Å². The lowest BCUT2D eigenvalue weighted by Gasteiger charge is -2.28. The van der Waals surface area contributed by atoms with Crippen LogP contribution in [0.5, 0.6) is 5.75 Å². The Morgan fingerprint density at radius 3 is 2.47 bits per heavy atom. The number of aromatic amines is 1. The van der Waals surface area contributed by atoms with E-state index >= 15 is 0 Å². The first-order chi connectivity index (χ1) is 15.5. The van der Waals surface area contributed by atoms with Crippen molar-refractivity contribution in [3.05, 3.63) is 64.7 Å². The molecule has 1 aliphatic heterocycles. The predicted octanol–water partition coefficient (Wildman–Crippen LogP) is 1.42. The molecule has 0 bridgehead atoms. The third kappa shape index (κ3) is 3.46. The third-order valence-electron chi connectivity index (χ3n) is 5.36. The van der Waals surface area contributed by atoms with Crippen LogP contribution < -0.4 is 16.3 Å². The number of morpholine rings is 1. The summed E-state index contributed by atoms with van der Waals surface area (Å²) in [5, 5.41) is 9.82. The normalized spacial score (nSPS) is 14.1. The van der Waals surface area contributed by atoms with Gasteiger partial charge in [0.05, 0.1) is 18.9 Å². The Bertz CT molecular complexity index is 1370. The summed E-state index contributed by atoms with van der Waals surface area (Å²) >= 11 is 0. The van der Waals surface area contributed by atoms with Crippen molar-refractivity contribution in [1.29, 1.82) is 0 Å². The van der Waals surface area contributed by atoms with Crippen LogP contribution in [0.25, 0.3) is 28.2 Å². The van der Waals surface area contributed by atoms with Crippen LogP contribution in [0, 0.1) is 0 Å². The van der Waals surface area contributed by atoms with E-state index in [9.17, 15) is 14.7 Å². The van der Waals surface area contributed by atoms with Crippen LogP contribution in [0.15, 0.2) is 53.3 Å². The van der Waals surface area contributed by atoms with Crippen LogP contribution >= 0.6 is 0 Å². The molecule has 0 atom stereocenters. The van der Waals surface area contributed by atoms with Crippen molar-refractivity contribution in [3.63, 3.8) is 0 Å². The lowest BCUT2D eigenvalue weighted by Crippen LogP contribution is -2.36. The second kappa shape index (κ2) is 7.82. The third-order valence-corrected chi connectivity index (χ3v) is 5.36. The molecule has 0 aliphatic carbocycles. The fourth-order valence-corrected chi connectivity index (χ4v) is 3.81. The van der Waals surface area contributed by atoms with E-state index in [1.54, 1.807) is 12.1 Å². The summed E-state index contributed by atoms with van der Waals surface area (Å²) in [6.45, 7) is 2.95. The number of phenols is 1. The molecule has 4 aromatic rings. The number of nitrogens with one attached hydrogen (secondary N) is 1. The average Bonchev–Trinajstić information content (AvgIpc) is 3.14. The molecule has 0 spiro atoms. The van der Waals surface area contributed by atoms with E-state index in [0.29, 0.717) is 24.5 Å². The summed E-state index contributed by atoms with van der Waals surface area (Å²) in [5.41, 5.74) is 7.42. The zero-order valence-electron chi connectivity index (χ0n) is 17.0. The van der Waals surface area contributed by atoms with Gasteiger partial charge in [0.1, 0.15) is 11.3 Å². The minimum Gasteiger partial charge on any atom is -0.508 e. The van der Waals surface area contributed by atoms with Crippen molar-refractivity contribution >= 4 is 22.8 Å². The molecule has 10 nitrogen and oxygen atoms in total. The second-order valence-corrected chi connectivity index (χ2v) is 7.39. The second-order valence-electron chi connectivity index (χ2n) is 7.39. The Kier molecular flexibility index (Phi) is 4.83. The highest BCUT2D eigenvalue weighted by atomic mass is 16.5. The van der Waals surface area contributed by atoms with Gasteiger partial charge in [0, 0.05) is 24.3 Å². The van der Waals surface area contributed by atoms with E-state index in [1.165, 1.54) is 16.7 Å². The average molecular weight is 432 g/mol. The first-order valence-corrected chi connectivity index (χ1v) is 10.1. The van der Waals surface area contributed by atoms with Gasteiger partial charge in [0.15, 0.2) is 17.2 Å². The molecule has 10 heteroatoms. The Morgan fingerprint density at radius 1 is 1.06 bits per heavy atom. The van der Waals surface area contributed by atoms with Gasteiger partial charge in [0.2, 0.25) is 0 Å². The fourth-order valence-electron chi connectivity index (χ4n) is 3.81. The molecule has 5 rings (SSSR count). The van der Waals surface area contributed by atoms with Gasteiger partial charge in [-0.05, 0) is 36.4 Å². The van der Waals surface area contributed by atoms with Crippen molar-refractivity contribution < 1.29 is 14.6 Å². The lowest BCUT2D eigenvalue weighted by molar-refractivity contribution is 0.0997. The number of amides is 1. The number of benzene rings is 2. The molecule has 1 fully saturated rings. The topological polar surface area (TPSA) is 139 Å². The molecule has 0 radical (unpaired) electrons. The number of carbonyl (C=O) groups is 1. The Hall–Kier alpha value is -4.18. The highest BCUT2D eigenvalue weighted by Gasteiger charge is 2.20. The maximum absolute atomic E-state index is 12.8. The number of phenolic OH excluding ortho intramolecular Hbond substituents is 1. The molecule has 1 amide bonds. The summed E-state index contributed by atoms with van der Waals surface area (Å²) in [4.78, 5) is 38.5. The Balaban J connectivity index is 1.65. The van der Waals surface area contributed by atoms with Crippen LogP contribution in [-0.2, 0) is 4.74 Å². The van der Waals surface area contributed by atoms with Gasteiger partial charge in [-0.1, -0.05) is 12.1 Å². The number of nitrogens with two attached hydrogens (primary N) is 1. The van der Waals surface area contributed by atoms with Crippen LogP contribution in [0.1, 0.15) is 10.5 Å². The van der Waals surface area contributed by atoms with Gasteiger partial charge in [0.25, 0.3) is 5.91 Å². The number of anilines is 1. The number of H-pyrrole nitrogens is 1. The van der Waals surface area contributed by atoms with Crippen LogP contribution in [0.2, 0.25) is 0 Å². The minimum absolute atomic E-state index is 0.0250. The number of nitrogens with zero attached hydrogens (tertiary/aromatic N) is 4. The van der Waals surface area contributed by atoms with Gasteiger partial charge in [-0.15, -0.1) is 0 Å². The minimum atomic E-state index is -0.796. The van der Waals surface area contributed by atoms with E-state index in [4.69, 9.17) is 10.5 Å². The molecular formula is C22H20N6O4. The van der Waals surface area contributed by atoms with Crippen LogP contribution in [-0.4, -0.2) is 56.8 Å². The van der Waals surface area contributed by atoms with Crippen LogP contribution in [0.3, 0.4) is 0 Å².